The molecule has 1 saturated heterocycles. The van der Waals surface area contributed by atoms with Gasteiger partial charge in [0.05, 0.1) is 6.10 Å². The zero-order chi connectivity index (χ0) is 14.3. The van der Waals surface area contributed by atoms with Crippen molar-refractivity contribution in [3.05, 3.63) is 71.3 Å². The van der Waals surface area contributed by atoms with Gasteiger partial charge in [0.25, 0.3) is 0 Å². The van der Waals surface area contributed by atoms with Gasteiger partial charge < -0.3 is 5.11 Å². The lowest BCUT2D eigenvalue weighted by Gasteiger charge is -2.25. The first-order chi connectivity index (χ1) is 10.3. The third-order valence-electron chi connectivity index (χ3n) is 5.16. The summed E-state index contributed by atoms with van der Waals surface area (Å²) in [7, 11) is 0. The highest BCUT2D eigenvalue weighted by atomic mass is 16.3. The molecule has 2 aromatic carbocycles. The summed E-state index contributed by atoms with van der Waals surface area (Å²) in [6.07, 6.45) is 1.77. The van der Waals surface area contributed by atoms with Crippen LogP contribution in [0.3, 0.4) is 0 Å². The zero-order valence-corrected chi connectivity index (χ0v) is 12.2. The molecule has 21 heavy (non-hydrogen) atoms. The second-order valence-corrected chi connectivity index (χ2v) is 6.53. The molecule has 1 heterocycles. The maximum absolute atomic E-state index is 10.4. The van der Waals surface area contributed by atoms with E-state index in [-0.39, 0.29) is 11.5 Å². The van der Waals surface area contributed by atoms with Gasteiger partial charge in [-0.25, -0.2) is 0 Å². The molecule has 1 N–H and O–H groups in total. The van der Waals surface area contributed by atoms with E-state index < -0.39 is 0 Å². The molecule has 1 aliphatic carbocycles. The minimum Gasteiger partial charge on any atom is -0.388 e. The van der Waals surface area contributed by atoms with E-state index in [4.69, 9.17) is 0 Å². The van der Waals surface area contributed by atoms with Crippen molar-refractivity contribution >= 4 is 0 Å². The molecule has 0 bridgehead atoms. The van der Waals surface area contributed by atoms with E-state index in [0.29, 0.717) is 0 Å². The molecule has 4 rings (SSSR count). The predicted molar refractivity (Wildman–Crippen MR) is 84.0 cm³/mol. The van der Waals surface area contributed by atoms with E-state index in [1.165, 1.54) is 11.1 Å². The average molecular weight is 279 g/mol. The van der Waals surface area contributed by atoms with Gasteiger partial charge >= 0.3 is 0 Å². The van der Waals surface area contributed by atoms with Gasteiger partial charge in [0.2, 0.25) is 0 Å². The Labute approximate surface area is 126 Å². The van der Waals surface area contributed by atoms with Crippen LogP contribution in [0.5, 0.6) is 0 Å². The van der Waals surface area contributed by atoms with E-state index in [1.807, 2.05) is 6.07 Å². The second kappa shape index (κ2) is 4.97. The number of nitrogens with zero attached hydrogens (tertiary/aromatic N) is 1. The summed E-state index contributed by atoms with van der Waals surface area (Å²) < 4.78 is 0. The van der Waals surface area contributed by atoms with Crippen LogP contribution in [0.1, 0.15) is 35.6 Å². The van der Waals surface area contributed by atoms with Crippen molar-refractivity contribution in [2.45, 2.75) is 30.9 Å². The first kappa shape index (κ1) is 13.1. The number of rotatable bonds is 2. The molecule has 108 valence electrons. The summed E-state index contributed by atoms with van der Waals surface area (Å²) in [5.41, 5.74) is 4.08. The number of likely N-dealkylation sites (tertiary alicyclic amines) is 1. The minimum absolute atomic E-state index is 0.171. The molecule has 2 atom stereocenters. The number of aliphatic hydroxyl groups excluding tert-OH is 1. The van der Waals surface area contributed by atoms with Crippen molar-refractivity contribution in [1.29, 1.82) is 0 Å². The molecular formula is C19H21NO. The van der Waals surface area contributed by atoms with Crippen LogP contribution in [0.2, 0.25) is 0 Å². The first-order valence-corrected chi connectivity index (χ1v) is 7.81. The van der Waals surface area contributed by atoms with Crippen LogP contribution in [0, 0.1) is 0 Å². The van der Waals surface area contributed by atoms with E-state index >= 15 is 0 Å². The zero-order valence-electron chi connectivity index (χ0n) is 12.2. The van der Waals surface area contributed by atoms with Crippen LogP contribution >= 0.6 is 0 Å². The standard InChI is InChI=1S/C19H21NO/c21-18-12-19(17-9-5-4-8-16(17)18)10-11-20(14-19)13-15-6-2-1-3-7-15/h1-9,18,21H,10-14H2. The molecule has 2 aromatic rings. The lowest BCUT2D eigenvalue weighted by molar-refractivity contribution is 0.153. The Morgan fingerprint density at radius 2 is 1.81 bits per heavy atom. The molecule has 0 amide bonds. The van der Waals surface area contributed by atoms with Crippen molar-refractivity contribution in [2.24, 2.45) is 0 Å². The van der Waals surface area contributed by atoms with E-state index in [0.717, 1.165) is 38.0 Å². The Morgan fingerprint density at radius 1 is 1.05 bits per heavy atom. The van der Waals surface area contributed by atoms with Gasteiger partial charge in [-0.2, -0.15) is 0 Å². The molecule has 1 spiro atoms. The summed E-state index contributed by atoms with van der Waals surface area (Å²) in [6.45, 7) is 3.20. The lowest BCUT2D eigenvalue weighted by atomic mass is 9.81. The van der Waals surface area contributed by atoms with Crippen LogP contribution in [-0.2, 0) is 12.0 Å². The van der Waals surface area contributed by atoms with E-state index in [2.05, 4.69) is 53.4 Å². The summed E-state index contributed by atoms with van der Waals surface area (Å²) in [5, 5.41) is 10.4. The van der Waals surface area contributed by atoms with Gasteiger partial charge in [0.15, 0.2) is 0 Å². The molecule has 1 fully saturated rings. The highest BCUT2D eigenvalue weighted by Gasteiger charge is 2.47. The topological polar surface area (TPSA) is 23.5 Å². The van der Waals surface area contributed by atoms with Crippen molar-refractivity contribution in [2.75, 3.05) is 13.1 Å². The number of benzene rings is 2. The molecule has 2 unspecified atom stereocenters. The van der Waals surface area contributed by atoms with E-state index in [1.54, 1.807) is 0 Å². The van der Waals surface area contributed by atoms with Crippen LogP contribution in [0.15, 0.2) is 54.6 Å². The average Bonchev–Trinajstić information content (AvgIpc) is 3.04. The quantitative estimate of drug-likeness (QED) is 0.912. The van der Waals surface area contributed by atoms with Crippen LogP contribution in [-0.4, -0.2) is 23.1 Å². The third-order valence-corrected chi connectivity index (χ3v) is 5.16. The molecular weight excluding hydrogens is 258 g/mol. The molecule has 1 aliphatic heterocycles. The van der Waals surface area contributed by atoms with Gasteiger partial charge in [0, 0.05) is 18.5 Å². The lowest BCUT2D eigenvalue weighted by Crippen LogP contribution is -2.29. The van der Waals surface area contributed by atoms with Gasteiger partial charge in [-0.3, -0.25) is 4.90 Å². The van der Waals surface area contributed by atoms with Crippen molar-refractivity contribution in [3.8, 4) is 0 Å². The molecule has 0 saturated carbocycles. The first-order valence-electron chi connectivity index (χ1n) is 7.81. The van der Waals surface area contributed by atoms with Crippen LogP contribution in [0.4, 0.5) is 0 Å². The van der Waals surface area contributed by atoms with Gasteiger partial charge in [-0.05, 0) is 36.1 Å². The van der Waals surface area contributed by atoms with Gasteiger partial charge in [-0.1, -0.05) is 54.6 Å². The fraction of sp³-hybridized carbons (Fsp3) is 0.368. The molecule has 2 nitrogen and oxygen atoms in total. The van der Waals surface area contributed by atoms with Crippen molar-refractivity contribution in [1.82, 2.24) is 4.90 Å². The summed E-state index contributed by atoms with van der Waals surface area (Å²) in [5.74, 6) is 0. The molecule has 0 radical (unpaired) electrons. The van der Waals surface area contributed by atoms with Crippen molar-refractivity contribution < 1.29 is 5.11 Å². The Kier molecular flexibility index (Phi) is 3.09. The molecule has 2 aliphatic rings. The Hall–Kier alpha value is -1.64. The maximum atomic E-state index is 10.4. The van der Waals surface area contributed by atoms with Gasteiger partial charge in [-0.15, -0.1) is 0 Å². The Balaban J connectivity index is 1.57. The fourth-order valence-corrected chi connectivity index (χ4v) is 4.18. The smallest absolute Gasteiger partial charge is 0.0801 e. The SMILES string of the molecule is OC1CC2(CCN(Cc3ccccc3)C2)c2ccccc21. The normalized spacial score (nSPS) is 28.1. The highest BCUT2D eigenvalue weighted by molar-refractivity contribution is 5.42. The number of fused-ring (bicyclic) bond motifs is 2. The second-order valence-electron chi connectivity index (χ2n) is 6.53. The van der Waals surface area contributed by atoms with Crippen molar-refractivity contribution in [3.63, 3.8) is 0 Å². The predicted octanol–water partition coefficient (Wildman–Crippen LogP) is 3.27. The van der Waals surface area contributed by atoms with E-state index in [9.17, 15) is 5.11 Å². The molecule has 0 aromatic heterocycles. The summed E-state index contributed by atoms with van der Waals surface area (Å²) in [4.78, 5) is 2.53. The number of aliphatic hydroxyl groups is 1. The highest BCUT2D eigenvalue weighted by Crippen LogP contribution is 2.50. The van der Waals surface area contributed by atoms with Crippen LogP contribution < -0.4 is 0 Å². The number of hydrogen-bond donors (Lipinski definition) is 1. The summed E-state index contributed by atoms with van der Waals surface area (Å²) in [6, 6.07) is 19.1. The Morgan fingerprint density at radius 3 is 2.67 bits per heavy atom. The summed E-state index contributed by atoms with van der Waals surface area (Å²) >= 11 is 0. The molecule has 2 heteroatoms. The monoisotopic (exact) mass is 279 g/mol. The maximum Gasteiger partial charge on any atom is 0.0801 e. The fourth-order valence-electron chi connectivity index (χ4n) is 4.18. The van der Waals surface area contributed by atoms with Gasteiger partial charge in [0.1, 0.15) is 0 Å². The minimum atomic E-state index is -0.280. The van der Waals surface area contributed by atoms with Crippen LogP contribution in [0.25, 0.3) is 0 Å². The Bertz CT molecular complexity index is 639. The third kappa shape index (κ3) is 2.19. The number of hydrogen-bond acceptors (Lipinski definition) is 2. The largest absolute Gasteiger partial charge is 0.388 e.